The maximum absolute atomic E-state index is 12.9. The molecule has 4 rings (SSSR count). The molecule has 4 fully saturated rings. The van der Waals surface area contributed by atoms with Gasteiger partial charge >= 0.3 is 0 Å². The van der Waals surface area contributed by atoms with E-state index in [-0.39, 0.29) is 42.7 Å². The van der Waals surface area contributed by atoms with Gasteiger partial charge in [0.2, 0.25) is 11.8 Å². The van der Waals surface area contributed by atoms with Crippen molar-refractivity contribution in [3.63, 3.8) is 0 Å². The number of halogens is 2. The van der Waals surface area contributed by atoms with Crippen molar-refractivity contribution in [3.8, 4) is 0 Å². The summed E-state index contributed by atoms with van der Waals surface area (Å²) in [5.74, 6) is 1.95. The molecule has 2 N–H and O–H groups in total. The molecule has 2 aliphatic heterocycles. The van der Waals surface area contributed by atoms with Crippen molar-refractivity contribution >= 4 is 36.6 Å². The fourth-order valence-corrected chi connectivity index (χ4v) is 5.74. The molecule has 0 aromatic rings. The van der Waals surface area contributed by atoms with Gasteiger partial charge < -0.3 is 15.5 Å². The van der Waals surface area contributed by atoms with Gasteiger partial charge in [0.05, 0.1) is 12.6 Å². The fraction of sp³-hybridized carbons (Fsp3) is 0.909. The Morgan fingerprint density at radius 1 is 0.933 bits per heavy atom. The van der Waals surface area contributed by atoms with E-state index in [1.165, 1.54) is 38.5 Å². The first-order chi connectivity index (χ1) is 13.6. The minimum Gasteiger partial charge on any atom is -0.352 e. The van der Waals surface area contributed by atoms with Gasteiger partial charge in [-0.1, -0.05) is 19.8 Å². The number of piperazine rings is 1. The summed E-state index contributed by atoms with van der Waals surface area (Å²) in [6.45, 7) is 5.88. The molecule has 3 atom stereocenters. The minimum absolute atomic E-state index is 0. The molecule has 174 valence electrons. The number of nitrogens with one attached hydrogen (secondary N) is 2. The van der Waals surface area contributed by atoms with Crippen LogP contribution in [0, 0.1) is 11.8 Å². The lowest BCUT2D eigenvalue weighted by atomic mass is 9.85. The zero-order chi connectivity index (χ0) is 19.5. The molecule has 30 heavy (non-hydrogen) atoms. The van der Waals surface area contributed by atoms with Crippen LogP contribution < -0.4 is 10.6 Å². The smallest absolute Gasteiger partial charge is 0.239 e. The maximum Gasteiger partial charge on any atom is 0.239 e. The Balaban J connectivity index is 0.00000160. The van der Waals surface area contributed by atoms with E-state index in [4.69, 9.17) is 0 Å². The molecule has 0 aromatic heterocycles. The van der Waals surface area contributed by atoms with E-state index in [0.717, 1.165) is 51.4 Å². The number of carbonyl (C=O) groups excluding carboxylic acids is 2. The molecule has 4 aliphatic rings. The summed E-state index contributed by atoms with van der Waals surface area (Å²) in [5.41, 5.74) is 0. The second kappa shape index (κ2) is 11.9. The highest BCUT2D eigenvalue weighted by atomic mass is 35.5. The molecule has 2 saturated heterocycles. The van der Waals surface area contributed by atoms with Crippen LogP contribution in [0.15, 0.2) is 0 Å². The Bertz CT molecular complexity index is 549. The molecule has 2 aliphatic carbocycles. The van der Waals surface area contributed by atoms with Crippen molar-refractivity contribution in [1.82, 2.24) is 20.4 Å². The average Bonchev–Trinajstić information content (AvgIpc) is 3.14. The summed E-state index contributed by atoms with van der Waals surface area (Å²) in [5, 5.41) is 6.84. The molecular weight excluding hydrogens is 423 g/mol. The lowest BCUT2D eigenvalue weighted by molar-refractivity contribution is -0.135. The zero-order valence-corrected chi connectivity index (χ0v) is 19.9. The van der Waals surface area contributed by atoms with Crippen LogP contribution in [-0.2, 0) is 9.59 Å². The molecule has 2 amide bonds. The Morgan fingerprint density at radius 2 is 1.60 bits per heavy atom. The quantitative estimate of drug-likeness (QED) is 0.673. The number of fused-ring (bicyclic) bond motifs is 1. The summed E-state index contributed by atoms with van der Waals surface area (Å²) in [7, 11) is 0. The predicted octanol–water partition coefficient (Wildman–Crippen LogP) is 2.59. The van der Waals surface area contributed by atoms with Crippen molar-refractivity contribution in [2.45, 2.75) is 82.8 Å². The highest BCUT2D eigenvalue weighted by molar-refractivity contribution is 5.85. The van der Waals surface area contributed by atoms with E-state index in [1.54, 1.807) is 0 Å². The second-order valence-electron chi connectivity index (χ2n) is 9.73. The van der Waals surface area contributed by atoms with Gasteiger partial charge in [-0.25, -0.2) is 0 Å². The van der Waals surface area contributed by atoms with Gasteiger partial charge in [0.25, 0.3) is 0 Å². The molecule has 6 nitrogen and oxygen atoms in total. The van der Waals surface area contributed by atoms with E-state index in [9.17, 15) is 9.59 Å². The van der Waals surface area contributed by atoms with Gasteiger partial charge in [0.15, 0.2) is 0 Å². The third kappa shape index (κ3) is 6.47. The number of carbonyl (C=O) groups is 2. The monoisotopic (exact) mass is 462 g/mol. The van der Waals surface area contributed by atoms with Gasteiger partial charge in [-0.2, -0.15) is 0 Å². The van der Waals surface area contributed by atoms with E-state index in [0.29, 0.717) is 24.5 Å². The Labute approximate surface area is 194 Å². The van der Waals surface area contributed by atoms with Gasteiger partial charge in [-0.15, -0.1) is 24.8 Å². The maximum atomic E-state index is 12.9. The van der Waals surface area contributed by atoms with Crippen molar-refractivity contribution in [2.75, 3.05) is 32.7 Å². The first-order valence-corrected chi connectivity index (χ1v) is 11.6. The van der Waals surface area contributed by atoms with Crippen molar-refractivity contribution in [1.29, 1.82) is 0 Å². The minimum atomic E-state index is 0. The normalized spacial score (nSPS) is 34.3. The first kappa shape index (κ1) is 25.7. The highest BCUT2D eigenvalue weighted by Crippen LogP contribution is 2.33. The summed E-state index contributed by atoms with van der Waals surface area (Å²) in [6, 6.07) is 0.954. The van der Waals surface area contributed by atoms with Crippen LogP contribution in [0.2, 0.25) is 0 Å². The standard InChI is InChI=1S/C22H38N4O2.2ClH/c1-16-6-8-18(9-7-16)23-21(27)15-25-10-12-26(13-11-25)22(28)20-14-17-4-2-3-5-19(17)24-20;;/h16-20,24H,2-15H2,1H3,(H,23,27);2*1H. The van der Waals surface area contributed by atoms with Gasteiger partial charge in [0.1, 0.15) is 0 Å². The van der Waals surface area contributed by atoms with Crippen LogP contribution in [0.3, 0.4) is 0 Å². The van der Waals surface area contributed by atoms with E-state index in [2.05, 4.69) is 22.5 Å². The molecule has 2 heterocycles. The molecule has 0 bridgehead atoms. The molecule has 0 spiro atoms. The Hall–Kier alpha value is -0.560. The highest BCUT2D eigenvalue weighted by Gasteiger charge is 2.40. The predicted molar refractivity (Wildman–Crippen MR) is 124 cm³/mol. The lowest BCUT2D eigenvalue weighted by Gasteiger charge is -2.36. The van der Waals surface area contributed by atoms with Crippen LogP contribution in [0.1, 0.15) is 64.7 Å². The molecule has 8 heteroatoms. The van der Waals surface area contributed by atoms with E-state index >= 15 is 0 Å². The topological polar surface area (TPSA) is 64.7 Å². The third-order valence-corrected chi connectivity index (χ3v) is 7.59. The molecular formula is C22H40Cl2N4O2. The SMILES string of the molecule is CC1CCC(NC(=O)CN2CCN(C(=O)C3CC4CCCCC4N3)CC2)CC1.Cl.Cl. The van der Waals surface area contributed by atoms with E-state index < -0.39 is 0 Å². The zero-order valence-electron chi connectivity index (χ0n) is 18.3. The Morgan fingerprint density at radius 3 is 2.27 bits per heavy atom. The molecule has 0 aromatic carbocycles. The molecule has 2 saturated carbocycles. The van der Waals surface area contributed by atoms with Crippen LogP contribution in [-0.4, -0.2) is 72.5 Å². The number of hydrogen-bond acceptors (Lipinski definition) is 4. The van der Waals surface area contributed by atoms with Crippen LogP contribution in [0.25, 0.3) is 0 Å². The number of amides is 2. The summed E-state index contributed by atoms with van der Waals surface area (Å²) in [4.78, 5) is 29.5. The lowest BCUT2D eigenvalue weighted by Crippen LogP contribution is -2.55. The number of nitrogens with zero attached hydrogens (tertiary/aromatic N) is 2. The van der Waals surface area contributed by atoms with Gasteiger partial charge in [0, 0.05) is 38.3 Å². The largest absolute Gasteiger partial charge is 0.352 e. The Kier molecular flexibility index (Phi) is 10.2. The van der Waals surface area contributed by atoms with Crippen molar-refractivity contribution < 1.29 is 9.59 Å². The third-order valence-electron chi connectivity index (χ3n) is 7.59. The van der Waals surface area contributed by atoms with Gasteiger partial charge in [-0.3, -0.25) is 14.5 Å². The molecule has 0 radical (unpaired) electrons. The summed E-state index contributed by atoms with van der Waals surface area (Å²) in [6.07, 6.45) is 10.8. The summed E-state index contributed by atoms with van der Waals surface area (Å²) < 4.78 is 0. The van der Waals surface area contributed by atoms with E-state index in [1.807, 2.05) is 4.90 Å². The summed E-state index contributed by atoms with van der Waals surface area (Å²) >= 11 is 0. The van der Waals surface area contributed by atoms with Crippen molar-refractivity contribution in [2.24, 2.45) is 11.8 Å². The number of hydrogen-bond donors (Lipinski definition) is 2. The number of rotatable bonds is 4. The van der Waals surface area contributed by atoms with Crippen LogP contribution in [0.4, 0.5) is 0 Å². The average molecular weight is 463 g/mol. The molecule has 3 unspecified atom stereocenters. The fourth-order valence-electron chi connectivity index (χ4n) is 5.74. The van der Waals surface area contributed by atoms with Gasteiger partial charge in [-0.05, 0) is 56.8 Å². The van der Waals surface area contributed by atoms with Crippen LogP contribution in [0.5, 0.6) is 0 Å². The van der Waals surface area contributed by atoms with Crippen molar-refractivity contribution in [3.05, 3.63) is 0 Å². The first-order valence-electron chi connectivity index (χ1n) is 11.6. The van der Waals surface area contributed by atoms with Crippen LogP contribution >= 0.6 is 24.8 Å². The second-order valence-corrected chi connectivity index (χ2v) is 9.73.